The molecule has 3 rings (SSSR count). The quantitative estimate of drug-likeness (QED) is 0.349. The van der Waals surface area contributed by atoms with E-state index in [0.717, 1.165) is 0 Å². The number of hydrogen-bond donors (Lipinski definition) is 4. The maximum absolute atomic E-state index is 10.5. The highest BCUT2D eigenvalue weighted by Crippen LogP contribution is 2.45. The minimum Gasteiger partial charge on any atom is -0.391 e. The van der Waals surface area contributed by atoms with Crippen molar-refractivity contribution in [2.24, 2.45) is 0 Å². The number of fused-ring (bicyclic) bond motifs is 1. The molecule has 5 N–H and O–H groups in total. The van der Waals surface area contributed by atoms with Gasteiger partial charge in [0.05, 0.1) is 12.4 Å². The number of aliphatic hydroxyl groups is 2. The minimum absolute atomic E-state index is 0.113. The molecule has 1 unspecified atom stereocenters. The van der Waals surface area contributed by atoms with E-state index >= 15 is 0 Å². The first kappa shape index (κ1) is 17.1. The average molecular weight is 370 g/mol. The molecule has 24 heavy (non-hydrogen) atoms. The van der Waals surface area contributed by atoms with Gasteiger partial charge in [0.2, 0.25) is 0 Å². The van der Waals surface area contributed by atoms with Crippen molar-refractivity contribution < 1.29 is 14.9 Å². The van der Waals surface area contributed by atoms with Gasteiger partial charge in [-0.15, -0.1) is 5.92 Å². The Hall–Kier alpha value is -1.70. The van der Waals surface area contributed by atoms with Gasteiger partial charge in [0.1, 0.15) is 23.4 Å². The van der Waals surface area contributed by atoms with Crippen molar-refractivity contribution in [3.63, 3.8) is 0 Å². The molecule has 1 aliphatic rings. The number of alkyl halides is 1. The molecule has 1 aliphatic heterocycles. The Kier molecular flexibility index (Phi) is 4.27. The number of nitrogens with zero attached hydrogens (tertiary/aromatic N) is 3. The number of hydrogen-bond acceptors (Lipinski definition) is 7. The van der Waals surface area contributed by atoms with Gasteiger partial charge in [0.25, 0.3) is 0 Å². The summed E-state index contributed by atoms with van der Waals surface area (Å²) in [5, 5.41) is 20.4. The van der Waals surface area contributed by atoms with Crippen LogP contribution in [-0.4, -0.2) is 52.9 Å². The van der Waals surface area contributed by atoms with E-state index < -0.39 is 29.4 Å². The highest BCUT2D eigenvalue weighted by atomic mass is 35.5. The van der Waals surface area contributed by atoms with E-state index in [1.165, 1.54) is 13.3 Å². The van der Waals surface area contributed by atoms with Crippen molar-refractivity contribution in [1.29, 1.82) is 0 Å². The summed E-state index contributed by atoms with van der Waals surface area (Å²) in [7, 11) is 0. The summed E-state index contributed by atoms with van der Waals surface area (Å²) >= 11 is 11.7. The van der Waals surface area contributed by atoms with Crippen molar-refractivity contribution >= 4 is 40.9 Å². The van der Waals surface area contributed by atoms with Crippen molar-refractivity contribution in [3.8, 4) is 11.8 Å². The lowest BCUT2D eigenvalue weighted by atomic mass is 9.97. The predicted octanol–water partition coefficient (Wildman–Crippen LogP) is 0.711. The summed E-state index contributed by atoms with van der Waals surface area (Å²) in [6, 6.07) is 0. The molecule has 0 saturated carbocycles. The number of anilines is 1. The van der Waals surface area contributed by atoms with Gasteiger partial charge in [-0.05, 0) is 13.8 Å². The third kappa shape index (κ3) is 2.47. The van der Waals surface area contributed by atoms with Gasteiger partial charge in [0, 0.05) is 0 Å². The van der Waals surface area contributed by atoms with Crippen LogP contribution in [-0.2, 0) is 4.74 Å². The molecule has 0 spiro atoms. The molecule has 5 atom stereocenters. The number of nitrogen functional groups attached to an aromatic ring is 1. The van der Waals surface area contributed by atoms with Gasteiger partial charge in [0.15, 0.2) is 21.7 Å². The Balaban J connectivity index is 2.20. The molecular formula is C14H16ClN5O3S. The second-order valence-electron chi connectivity index (χ2n) is 5.56. The number of halogens is 1. The Morgan fingerprint density at radius 3 is 2.96 bits per heavy atom. The first-order valence-electron chi connectivity index (χ1n) is 7.16. The first-order valence-corrected chi connectivity index (χ1v) is 7.95. The zero-order valence-corrected chi connectivity index (χ0v) is 14.5. The van der Waals surface area contributed by atoms with Crippen LogP contribution in [0, 0.1) is 16.5 Å². The molecule has 2 aromatic rings. The van der Waals surface area contributed by atoms with Crippen LogP contribution in [0.2, 0.25) is 0 Å². The zero-order chi connectivity index (χ0) is 17.6. The third-order valence-corrected chi connectivity index (χ3v) is 4.69. The predicted molar refractivity (Wildman–Crippen MR) is 90.8 cm³/mol. The highest BCUT2D eigenvalue weighted by molar-refractivity contribution is 7.71. The topological polar surface area (TPSA) is 122 Å². The van der Waals surface area contributed by atoms with E-state index in [4.69, 9.17) is 34.3 Å². The number of aromatic amines is 1. The highest BCUT2D eigenvalue weighted by Gasteiger charge is 2.57. The molecule has 128 valence electrons. The molecule has 0 bridgehead atoms. The Morgan fingerprint density at radius 1 is 1.62 bits per heavy atom. The van der Waals surface area contributed by atoms with Gasteiger partial charge in [-0.1, -0.05) is 29.7 Å². The summed E-state index contributed by atoms with van der Waals surface area (Å²) in [5.41, 5.74) is 6.58. The molecule has 0 radical (unpaired) electrons. The van der Waals surface area contributed by atoms with E-state index in [1.54, 1.807) is 11.5 Å². The summed E-state index contributed by atoms with van der Waals surface area (Å²) in [6.45, 7) is 3.11. The standard InChI is InChI=1S/C14H16ClN5O3S/c1-3-4-14(15)9(22)8(6(2)21)23-12(14)20-5-17-7-10(20)18-13(16)19-11(7)24/h5-6,8-9,12,21-22H,1-2H3,(H3,16,18,19,24)/t6-,8-,9+,12-,14?/m1/s1. The molecule has 0 aromatic carbocycles. The molecule has 0 aliphatic carbocycles. The summed E-state index contributed by atoms with van der Waals surface area (Å²) < 4.78 is 7.59. The number of imidazole rings is 1. The Morgan fingerprint density at radius 2 is 2.33 bits per heavy atom. The van der Waals surface area contributed by atoms with Gasteiger partial charge in [-0.25, -0.2) is 9.97 Å². The number of aromatic nitrogens is 4. The summed E-state index contributed by atoms with van der Waals surface area (Å²) in [5.74, 6) is 5.59. The lowest BCUT2D eigenvalue weighted by molar-refractivity contribution is -0.0752. The number of aliphatic hydroxyl groups excluding tert-OH is 2. The number of nitrogens with one attached hydrogen (secondary N) is 1. The van der Waals surface area contributed by atoms with Crippen molar-refractivity contribution in [2.45, 2.75) is 43.3 Å². The molecule has 8 nitrogen and oxygen atoms in total. The van der Waals surface area contributed by atoms with Crippen molar-refractivity contribution in [1.82, 2.24) is 19.5 Å². The molecular weight excluding hydrogens is 354 g/mol. The maximum atomic E-state index is 10.5. The van der Waals surface area contributed by atoms with E-state index in [0.29, 0.717) is 11.2 Å². The Labute approximate surface area is 147 Å². The monoisotopic (exact) mass is 369 g/mol. The summed E-state index contributed by atoms with van der Waals surface area (Å²) in [4.78, 5) is 9.54. The van der Waals surface area contributed by atoms with Crippen LogP contribution in [0.5, 0.6) is 0 Å². The number of H-pyrrole nitrogens is 1. The van der Waals surface area contributed by atoms with E-state index in [1.807, 2.05) is 0 Å². The number of rotatable bonds is 2. The van der Waals surface area contributed by atoms with Crippen LogP contribution in [0.4, 0.5) is 5.95 Å². The van der Waals surface area contributed by atoms with Crippen molar-refractivity contribution in [2.75, 3.05) is 5.73 Å². The second-order valence-corrected chi connectivity index (χ2v) is 6.57. The number of ether oxygens (including phenoxy) is 1. The molecule has 10 heteroatoms. The normalized spacial score (nSPS) is 31.0. The molecule has 3 heterocycles. The summed E-state index contributed by atoms with van der Waals surface area (Å²) in [6.07, 6.45) is -2.53. The maximum Gasteiger partial charge on any atom is 0.200 e. The van der Waals surface area contributed by atoms with Crippen molar-refractivity contribution in [3.05, 3.63) is 11.0 Å². The van der Waals surface area contributed by atoms with Gasteiger partial charge < -0.3 is 25.7 Å². The molecule has 1 saturated heterocycles. The lowest BCUT2D eigenvalue weighted by Gasteiger charge is -2.25. The van der Waals surface area contributed by atoms with Crippen LogP contribution in [0.1, 0.15) is 20.1 Å². The third-order valence-electron chi connectivity index (χ3n) is 3.90. The lowest BCUT2D eigenvalue weighted by Crippen LogP contribution is -2.43. The molecule has 2 aromatic heterocycles. The fourth-order valence-electron chi connectivity index (χ4n) is 2.81. The van der Waals surface area contributed by atoms with E-state index in [-0.39, 0.29) is 10.6 Å². The SMILES string of the molecule is CC#CC1(Cl)[C@@H](O)[C@@H]([C@@H](C)O)O[C@H]1n1cnc2c(=S)nc(N)[nH]c21. The van der Waals surface area contributed by atoms with E-state index in [2.05, 4.69) is 26.8 Å². The smallest absolute Gasteiger partial charge is 0.200 e. The number of nitrogens with two attached hydrogens (primary N) is 1. The van der Waals surface area contributed by atoms with Crippen LogP contribution < -0.4 is 5.73 Å². The van der Waals surface area contributed by atoms with E-state index in [9.17, 15) is 10.2 Å². The van der Waals surface area contributed by atoms with Crippen LogP contribution in [0.15, 0.2) is 6.33 Å². The zero-order valence-electron chi connectivity index (χ0n) is 12.9. The average Bonchev–Trinajstić information content (AvgIpc) is 3.00. The van der Waals surface area contributed by atoms with Gasteiger partial charge in [-0.2, -0.15) is 0 Å². The van der Waals surface area contributed by atoms with Crippen LogP contribution in [0.25, 0.3) is 11.2 Å². The first-order chi connectivity index (χ1) is 11.3. The Bertz CT molecular complexity index is 901. The second kappa shape index (κ2) is 5.98. The largest absolute Gasteiger partial charge is 0.391 e. The molecule has 0 amide bonds. The van der Waals surface area contributed by atoms with Crippen LogP contribution in [0.3, 0.4) is 0 Å². The molecule has 1 fully saturated rings. The fourth-order valence-corrected chi connectivity index (χ4v) is 3.43. The van der Waals surface area contributed by atoms with Crippen LogP contribution >= 0.6 is 23.8 Å². The minimum atomic E-state index is -1.47. The van der Waals surface area contributed by atoms with Gasteiger partial charge in [-0.3, -0.25) is 4.57 Å². The van der Waals surface area contributed by atoms with Gasteiger partial charge >= 0.3 is 0 Å². The fraction of sp³-hybridized carbons (Fsp3) is 0.500.